The Balaban J connectivity index is 2.00. The van der Waals surface area contributed by atoms with Gasteiger partial charge in [-0.15, -0.1) is 0 Å². The van der Waals surface area contributed by atoms with Crippen LogP contribution in [0.3, 0.4) is 0 Å². The third-order valence-electron chi connectivity index (χ3n) is 3.45. The highest BCUT2D eigenvalue weighted by Crippen LogP contribution is 2.18. The van der Waals surface area contributed by atoms with Crippen LogP contribution in [-0.2, 0) is 11.2 Å². The van der Waals surface area contributed by atoms with Gasteiger partial charge in [-0.05, 0) is 37.0 Å². The number of hydrogen-bond acceptors (Lipinski definition) is 3. The van der Waals surface area contributed by atoms with E-state index in [4.69, 9.17) is 0 Å². The number of piperidine rings is 1. The summed E-state index contributed by atoms with van der Waals surface area (Å²) in [7, 11) is 0. The van der Waals surface area contributed by atoms with E-state index in [0.717, 1.165) is 31.4 Å². The Hall–Kier alpha value is -1.55. The lowest BCUT2D eigenvalue weighted by Gasteiger charge is -2.34. The molecule has 0 bridgehead atoms. The summed E-state index contributed by atoms with van der Waals surface area (Å²) in [5, 5.41) is 18.5. The van der Waals surface area contributed by atoms with Crippen molar-refractivity contribution in [3.05, 3.63) is 29.8 Å². The molecule has 4 nitrogen and oxygen atoms in total. The topological polar surface area (TPSA) is 60.8 Å². The maximum atomic E-state index is 12.2. The average Bonchev–Trinajstić information content (AvgIpc) is 2.41. The second-order valence-corrected chi connectivity index (χ2v) is 4.76. The van der Waals surface area contributed by atoms with Gasteiger partial charge >= 0.3 is 0 Å². The SMILES string of the molecule is O=C(Cc1ccc(O)cc1)N1CCCCC1CO. The number of aliphatic hydroxyl groups is 1. The van der Waals surface area contributed by atoms with Gasteiger partial charge in [0.25, 0.3) is 0 Å². The van der Waals surface area contributed by atoms with E-state index in [-0.39, 0.29) is 24.3 Å². The number of aliphatic hydroxyl groups excluding tert-OH is 1. The lowest BCUT2D eigenvalue weighted by atomic mass is 10.0. The third kappa shape index (κ3) is 3.01. The van der Waals surface area contributed by atoms with Crippen molar-refractivity contribution in [2.45, 2.75) is 31.7 Å². The molecule has 1 heterocycles. The number of rotatable bonds is 3. The van der Waals surface area contributed by atoms with E-state index in [2.05, 4.69) is 0 Å². The van der Waals surface area contributed by atoms with E-state index < -0.39 is 0 Å². The summed E-state index contributed by atoms with van der Waals surface area (Å²) >= 11 is 0. The number of carbonyl (C=O) groups excluding carboxylic acids is 1. The molecule has 1 aliphatic rings. The highest BCUT2D eigenvalue weighted by atomic mass is 16.3. The van der Waals surface area contributed by atoms with Gasteiger partial charge in [0.1, 0.15) is 5.75 Å². The van der Waals surface area contributed by atoms with E-state index in [9.17, 15) is 15.0 Å². The molecule has 2 N–H and O–H groups in total. The molecule has 0 radical (unpaired) electrons. The van der Waals surface area contributed by atoms with Crippen LogP contribution in [0.1, 0.15) is 24.8 Å². The van der Waals surface area contributed by atoms with Crippen molar-refractivity contribution in [3.8, 4) is 5.75 Å². The van der Waals surface area contributed by atoms with Crippen molar-refractivity contribution in [1.82, 2.24) is 4.90 Å². The predicted octanol–water partition coefficient (Wildman–Crippen LogP) is 1.31. The van der Waals surface area contributed by atoms with Gasteiger partial charge < -0.3 is 15.1 Å². The van der Waals surface area contributed by atoms with Gasteiger partial charge in [-0.3, -0.25) is 4.79 Å². The molecule has 1 aromatic carbocycles. The van der Waals surface area contributed by atoms with Crippen LogP contribution in [0, 0.1) is 0 Å². The summed E-state index contributed by atoms with van der Waals surface area (Å²) in [4.78, 5) is 14.0. The summed E-state index contributed by atoms with van der Waals surface area (Å²) in [6.07, 6.45) is 3.31. The minimum absolute atomic E-state index is 0.0247. The standard InChI is InChI=1S/C14H19NO3/c16-10-12-3-1-2-8-15(12)14(18)9-11-4-6-13(17)7-5-11/h4-7,12,16-17H,1-3,8-10H2. The first kappa shape index (κ1) is 12.9. The zero-order valence-corrected chi connectivity index (χ0v) is 10.4. The van der Waals surface area contributed by atoms with Crippen LogP contribution in [0.25, 0.3) is 0 Å². The molecule has 0 aliphatic carbocycles. The number of likely N-dealkylation sites (tertiary alicyclic amines) is 1. The van der Waals surface area contributed by atoms with Crippen molar-refractivity contribution in [2.75, 3.05) is 13.2 Å². The van der Waals surface area contributed by atoms with E-state index in [0.29, 0.717) is 6.42 Å². The van der Waals surface area contributed by atoms with Gasteiger partial charge in [0.15, 0.2) is 0 Å². The Kier molecular flexibility index (Phi) is 4.20. The number of hydrogen-bond donors (Lipinski definition) is 2. The number of nitrogens with zero attached hydrogens (tertiary/aromatic N) is 1. The van der Waals surface area contributed by atoms with Gasteiger partial charge in [0.2, 0.25) is 5.91 Å². The molecule has 1 aliphatic heterocycles. The number of phenols is 1. The van der Waals surface area contributed by atoms with Crippen molar-refractivity contribution in [1.29, 1.82) is 0 Å². The number of aromatic hydroxyl groups is 1. The maximum absolute atomic E-state index is 12.2. The van der Waals surface area contributed by atoms with Crippen molar-refractivity contribution in [3.63, 3.8) is 0 Å². The van der Waals surface area contributed by atoms with Crippen LogP contribution in [0.5, 0.6) is 5.75 Å². The monoisotopic (exact) mass is 249 g/mol. The molecular formula is C14H19NO3. The van der Waals surface area contributed by atoms with Gasteiger partial charge in [-0.1, -0.05) is 12.1 Å². The van der Waals surface area contributed by atoms with Crippen LogP contribution in [0.2, 0.25) is 0 Å². The Labute approximate surface area is 107 Å². The lowest BCUT2D eigenvalue weighted by Crippen LogP contribution is -2.46. The number of benzene rings is 1. The summed E-state index contributed by atoms with van der Waals surface area (Å²) in [6.45, 7) is 0.781. The van der Waals surface area contributed by atoms with Gasteiger partial charge in [0.05, 0.1) is 19.1 Å². The number of amides is 1. The van der Waals surface area contributed by atoms with Crippen LogP contribution >= 0.6 is 0 Å². The molecule has 98 valence electrons. The first-order valence-corrected chi connectivity index (χ1v) is 6.39. The molecule has 1 saturated heterocycles. The summed E-state index contributed by atoms with van der Waals surface area (Å²) in [5.41, 5.74) is 0.889. The van der Waals surface area contributed by atoms with Crippen LogP contribution in [0.15, 0.2) is 24.3 Å². The molecule has 2 rings (SSSR count). The second-order valence-electron chi connectivity index (χ2n) is 4.76. The molecule has 1 atom stereocenters. The minimum Gasteiger partial charge on any atom is -0.508 e. The maximum Gasteiger partial charge on any atom is 0.227 e. The Morgan fingerprint density at radius 3 is 2.67 bits per heavy atom. The zero-order valence-electron chi connectivity index (χ0n) is 10.4. The second kappa shape index (κ2) is 5.87. The molecule has 0 spiro atoms. The fourth-order valence-corrected chi connectivity index (χ4v) is 2.41. The fourth-order valence-electron chi connectivity index (χ4n) is 2.41. The van der Waals surface area contributed by atoms with E-state index >= 15 is 0 Å². The Morgan fingerprint density at radius 2 is 2.00 bits per heavy atom. The zero-order chi connectivity index (χ0) is 13.0. The predicted molar refractivity (Wildman–Crippen MR) is 68.2 cm³/mol. The molecule has 1 unspecified atom stereocenters. The highest BCUT2D eigenvalue weighted by molar-refractivity contribution is 5.79. The Morgan fingerprint density at radius 1 is 1.28 bits per heavy atom. The molecule has 4 heteroatoms. The first-order valence-electron chi connectivity index (χ1n) is 6.39. The van der Waals surface area contributed by atoms with E-state index in [1.807, 2.05) is 0 Å². The smallest absolute Gasteiger partial charge is 0.227 e. The summed E-state index contributed by atoms with van der Waals surface area (Å²) in [5.74, 6) is 0.261. The number of phenolic OH excluding ortho intramolecular Hbond substituents is 1. The van der Waals surface area contributed by atoms with Crippen LogP contribution < -0.4 is 0 Å². The molecule has 1 fully saturated rings. The molecule has 0 saturated carbocycles. The van der Waals surface area contributed by atoms with Gasteiger partial charge in [-0.25, -0.2) is 0 Å². The van der Waals surface area contributed by atoms with Crippen LogP contribution in [-0.4, -0.2) is 40.2 Å². The van der Waals surface area contributed by atoms with E-state index in [1.54, 1.807) is 29.2 Å². The molecular weight excluding hydrogens is 230 g/mol. The minimum atomic E-state index is -0.0247. The lowest BCUT2D eigenvalue weighted by molar-refractivity contribution is -0.135. The quantitative estimate of drug-likeness (QED) is 0.849. The van der Waals surface area contributed by atoms with Crippen molar-refractivity contribution < 1.29 is 15.0 Å². The highest BCUT2D eigenvalue weighted by Gasteiger charge is 2.25. The van der Waals surface area contributed by atoms with Gasteiger partial charge in [-0.2, -0.15) is 0 Å². The van der Waals surface area contributed by atoms with Gasteiger partial charge in [0, 0.05) is 6.54 Å². The van der Waals surface area contributed by atoms with Crippen LogP contribution in [0.4, 0.5) is 0 Å². The fraction of sp³-hybridized carbons (Fsp3) is 0.500. The molecule has 0 aromatic heterocycles. The third-order valence-corrected chi connectivity index (χ3v) is 3.45. The molecule has 1 aromatic rings. The normalized spacial score (nSPS) is 19.8. The van der Waals surface area contributed by atoms with Crippen molar-refractivity contribution >= 4 is 5.91 Å². The summed E-state index contributed by atoms with van der Waals surface area (Å²) < 4.78 is 0. The van der Waals surface area contributed by atoms with Crippen molar-refractivity contribution in [2.24, 2.45) is 0 Å². The largest absolute Gasteiger partial charge is 0.508 e. The summed E-state index contributed by atoms with van der Waals surface area (Å²) in [6, 6.07) is 6.66. The average molecular weight is 249 g/mol. The molecule has 18 heavy (non-hydrogen) atoms. The van der Waals surface area contributed by atoms with E-state index in [1.165, 1.54) is 0 Å². The molecule has 1 amide bonds. The Bertz CT molecular complexity index is 402. The number of carbonyl (C=O) groups is 1. The first-order chi connectivity index (χ1) is 8.70.